The van der Waals surface area contributed by atoms with E-state index in [0.29, 0.717) is 13.0 Å². The molecule has 2 rings (SSSR count). The molecule has 2 heterocycles. The first-order valence-corrected chi connectivity index (χ1v) is 7.09. The van der Waals surface area contributed by atoms with E-state index in [9.17, 15) is 4.79 Å². The molecule has 0 spiro atoms. The van der Waals surface area contributed by atoms with E-state index in [1.165, 1.54) is 0 Å². The average molecular weight is 273 g/mol. The number of aromatic nitrogens is 2. The molecule has 0 aliphatic heterocycles. The van der Waals surface area contributed by atoms with Gasteiger partial charge in [-0.1, -0.05) is 26.8 Å². The highest BCUT2D eigenvalue weighted by Crippen LogP contribution is 2.20. The summed E-state index contributed by atoms with van der Waals surface area (Å²) in [5.41, 5.74) is 1.98. The Balaban J connectivity index is 2.16. The minimum absolute atomic E-state index is 0.0178. The molecule has 108 valence electrons. The molecule has 2 aromatic rings. The van der Waals surface area contributed by atoms with Crippen LogP contribution in [0.4, 0.5) is 0 Å². The van der Waals surface area contributed by atoms with Gasteiger partial charge in [0.25, 0.3) is 0 Å². The van der Waals surface area contributed by atoms with E-state index in [1.54, 1.807) is 0 Å². The van der Waals surface area contributed by atoms with E-state index >= 15 is 0 Å². The van der Waals surface area contributed by atoms with Crippen molar-refractivity contribution in [2.45, 2.75) is 40.7 Å². The number of amides is 1. The molecule has 0 saturated carbocycles. The molecule has 0 unspecified atom stereocenters. The van der Waals surface area contributed by atoms with E-state index in [0.717, 1.165) is 17.9 Å². The van der Waals surface area contributed by atoms with Crippen LogP contribution in [0.15, 0.2) is 30.6 Å². The van der Waals surface area contributed by atoms with Crippen LogP contribution in [0.2, 0.25) is 0 Å². The number of carbonyl (C=O) groups excluding carboxylic acids is 1. The summed E-state index contributed by atoms with van der Waals surface area (Å²) >= 11 is 0. The number of pyridine rings is 1. The Kier molecular flexibility index (Phi) is 4.12. The van der Waals surface area contributed by atoms with Crippen molar-refractivity contribution in [3.63, 3.8) is 0 Å². The van der Waals surface area contributed by atoms with Crippen LogP contribution < -0.4 is 0 Å². The third-order valence-corrected chi connectivity index (χ3v) is 3.26. The van der Waals surface area contributed by atoms with Gasteiger partial charge in [-0.05, 0) is 24.5 Å². The Labute approximate surface area is 120 Å². The maximum atomic E-state index is 12.3. The molecule has 4 nitrogen and oxygen atoms in total. The Morgan fingerprint density at radius 1 is 1.35 bits per heavy atom. The van der Waals surface area contributed by atoms with E-state index in [2.05, 4.69) is 25.8 Å². The molecule has 2 aromatic heterocycles. The van der Waals surface area contributed by atoms with Crippen LogP contribution in [0.3, 0.4) is 0 Å². The summed E-state index contributed by atoms with van der Waals surface area (Å²) < 4.78 is 2.03. The number of hydrogen-bond donors (Lipinski definition) is 0. The highest BCUT2D eigenvalue weighted by Gasteiger charge is 2.21. The van der Waals surface area contributed by atoms with Gasteiger partial charge in [-0.3, -0.25) is 4.79 Å². The van der Waals surface area contributed by atoms with Gasteiger partial charge in [0.2, 0.25) is 5.91 Å². The van der Waals surface area contributed by atoms with Gasteiger partial charge in [0, 0.05) is 19.2 Å². The zero-order chi connectivity index (χ0) is 14.8. The van der Waals surface area contributed by atoms with Crippen LogP contribution in [0, 0.1) is 5.41 Å². The van der Waals surface area contributed by atoms with Crippen molar-refractivity contribution < 1.29 is 4.79 Å². The smallest absolute Gasteiger partial charge is 0.223 e. The number of hydrogen-bond acceptors (Lipinski definition) is 2. The summed E-state index contributed by atoms with van der Waals surface area (Å²) in [5.74, 6) is 0.200. The van der Waals surface area contributed by atoms with Gasteiger partial charge in [-0.2, -0.15) is 0 Å². The lowest BCUT2D eigenvalue weighted by Crippen LogP contribution is -2.33. The average Bonchev–Trinajstić information content (AvgIpc) is 2.77. The number of nitrogens with zero attached hydrogens (tertiary/aromatic N) is 3. The fraction of sp³-hybridized carbons (Fsp3) is 0.500. The van der Waals surface area contributed by atoms with Gasteiger partial charge in [0.15, 0.2) is 0 Å². The lowest BCUT2D eigenvalue weighted by molar-refractivity contribution is -0.133. The highest BCUT2D eigenvalue weighted by atomic mass is 16.2. The molecule has 0 bridgehead atoms. The molecule has 0 atom stereocenters. The summed E-state index contributed by atoms with van der Waals surface area (Å²) in [7, 11) is 0. The molecule has 0 N–H and O–H groups in total. The fourth-order valence-corrected chi connectivity index (χ4v) is 2.24. The second kappa shape index (κ2) is 5.65. The van der Waals surface area contributed by atoms with E-state index in [-0.39, 0.29) is 11.3 Å². The largest absolute Gasteiger partial charge is 0.337 e. The lowest BCUT2D eigenvalue weighted by Gasteiger charge is -2.25. The van der Waals surface area contributed by atoms with Crippen LogP contribution in [0.5, 0.6) is 0 Å². The summed E-state index contributed by atoms with van der Waals surface area (Å²) in [6, 6.07) is 5.91. The first-order valence-electron chi connectivity index (χ1n) is 7.09. The summed E-state index contributed by atoms with van der Waals surface area (Å²) in [6.07, 6.45) is 4.40. The monoisotopic (exact) mass is 273 g/mol. The van der Waals surface area contributed by atoms with Crippen molar-refractivity contribution in [2.24, 2.45) is 5.41 Å². The molecule has 0 aliphatic rings. The van der Waals surface area contributed by atoms with Gasteiger partial charge < -0.3 is 9.30 Å². The highest BCUT2D eigenvalue weighted by molar-refractivity contribution is 5.76. The molecule has 1 amide bonds. The van der Waals surface area contributed by atoms with Gasteiger partial charge in [-0.15, -0.1) is 0 Å². The molecule has 0 aromatic carbocycles. The molecule has 0 aliphatic carbocycles. The van der Waals surface area contributed by atoms with Crippen LogP contribution in [-0.4, -0.2) is 26.7 Å². The summed E-state index contributed by atoms with van der Waals surface area (Å²) in [5, 5.41) is 0. The lowest BCUT2D eigenvalue weighted by atomic mass is 9.91. The first-order chi connectivity index (χ1) is 9.40. The van der Waals surface area contributed by atoms with Gasteiger partial charge >= 0.3 is 0 Å². The Morgan fingerprint density at radius 2 is 2.10 bits per heavy atom. The maximum Gasteiger partial charge on any atom is 0.223 e. The molecular weight excluding hydrogens is 250 g/mol. The Morgan fingerprint density at radius 3 is 2.75 bits per heavy atom. The van der Waals surface area contributed by atoms with E-state index in [4.69, 9.17) is 0 Å². The van der Waals surface area contributed by atoms with Crippen molar-refractivity contribution in [1.29, 1.82) is 0 Å². The minimum Gasteiger partial charge on any atom is -0.337 e. The normalized spacial score (nSPS) is 11.8. The molecule has 20 heavy (non-hydrogen) atoms. The van der Waals surface area contributed by atoms with Crippen molar-refractivity contribution >= 4 is 11.6 Å². The van der Waals surface area contributed by atoms with Crippen molar-refractivity contribution in [3.8, 4) is 0 Å². The summed E-state index contributed by atoms with van der Waals surface area (Å²) in [4.78, 5) is 18.6. The van der Waals surface area contributed by atoms with Crippen molar-refractivity contribution in [2.75, 3.05) is 6.54 Å². The van der Waals surface area contributed by atoms with Crippen LogP contribution in [0.25, 0.3) is 5.65 Å². The van der Waals surface area contributed by atoms with Gasteiger partial charge in [0.05, 0.1) is 18.4 Å². The zero-order valence-corrected chi connectivity index (χ0v) is 12.8. The molecule has 4 heteroatoms. The predicted octanol–water partition coefficient (Wildman–Crippen LogP) is 3.12. The zero-order valence-electron chi connectivity index (χ0n) is 12.8. The van der Waals surface area contributed by atoms with Crippen molar-refractivity contribution in [1.82, 2.24) is 14.3 Å². The van der Waals surface area contributed by atoms with Crippen LogP contribution in [-0.2, 0) is 11.3 Å². The fourth-order valence-electron chi connectivity index (χ4n) is 2.24. The van der Waals surface area contributed by atoms with Crippen molar-refractivity contribution in [3.05, 3.63) is 36.3 Å². The quantitative estimate of drug-likeness (QED) is 0.858. The topological polar surface area (TPSA) is 37.6 Å². The second-order valence-corrected chi connectivity index (χ2v) is 6.32. The minimum atomic E-state index is 0.0178. The Bertz CT molecular complexity index is 595. The van der Waals surface area contributed by atoms with Gasteiger partial charge in [-0.25, -0.2) is 4.98 Å². The molecule has 0 fully saturated rings. The first kappa shape index (κ1) is 14.6. The SMILES string of the molecule is CCN(Cc1cnc2ccccn12)C(=O)CC(C)(C)C. The summed E-state index contributed by atoms with van der Waals surface area (Å²) in [6.45, 7) is 9.61. The molecule has 0 saturated heterocycles. The number of fused-ring (bicyclic) bond motifs is 1. The third kappa shape index (κ3) is 3.38. The molecule has 0 radical (unpaired) electrons. The Hall–Kier alpha value is -1.84. The predicted molar refractivity (Wildman–Crippen MR) is 80.4 cm³/mol. The number of carbonyl (C=O) groups is 1. The van der Waals surface area contributed by atoms with E-state index in [1.807, 2.05) is 46.8 Å². The maximum absolute atomic E-state index is 12.3. The second-order valence-electron chi connectivity index (χ2n) is 6.32. The third-order valence-electron chi connectivity index (χ3n) is 3.26. The van der Waals surface area contributed by atoms with Crippen LogP contribution in [0.1, 0.15) is 39.8 Å². The van der Waals surface area contributed by atoms with Crippen LogP contribution >= 0.6 is 0 Å². The van der Waals surface area contributed by atoms with Gasteiger partial charge in [0.1, 0.15) is 5.65 Å². The van der Waals surface area contributed by atoms with E-state index < -0.39 is 0 Å². The standard InChI is InChI=1S/C16H23N3O/c1-5-18(15(20)10-16(2,3)4)12-13-11-17-14-8-6-7-9-19(13)14/h6-9,11H,5,10,12H2,1-4H3. The number of rotatable bonds is 4. The molecular formula is C16H23N3O. The number of imidazole rings is 1.